The summed E-state index contributed by atoms with van der Waals surface area (Å²) in [6.45, 7) is 4.41. The van der Waals surface area contributed by atoms with Crippen LogP contribution in [0, 0.1) is 17.8 Å². The van der Waals surface area contributed by atoms with Crippen molar-refractivity contribution < 1.29 is 32.2 Å². The maximum absolute atomic E-state index is 13.5. The molecule has 40 heavy (non-hydrogen) atoms. The molecule has 2 atom stereocenters. The van der Waals surface area contributed by atoms with Gasteiger partial charge in [0.15, 0.2) is 0 Å². The number of nitrogens with one attached hydrogen (secondary N) is 1. The van der Waals surface area contributed by atoms with Gasteiger partial charge in [0.05, 0.1) is 25.5 Å². The molecule has 2 bridgehead atoms. The van der Waals surface area contributed by atoms with Crippen molar-refractivity contribution in [2.45, 2.75) is 19.0 Å². The number of carbonyl (C=O) groups excluding carboxylic acids is 2. The molecule has 0 unspecified atom stereocenters. The average Bonchev–Trinajstić information content (AvgIpc) is 3.21. The number of ether oxygens (including phenoxy) is 2. The zero-order chi connectivity index (χ0) is 28.6. The van der Waals surface area contributed by atoms with Crippen LogP contribution in [0.1, 0.15) is 28.8 Å². The molecule has 2 saturated heterocycles. The number of hydrogen-bond donors (Lipinski definition) is 1. The van der Waals surface area contributed by atoms with Crippen LogP contribution < -0.4 is 19.7 Å². The number of benzene rings is 2. The van der Waals surface area contributed by atoms with Gasteiger partial charge in [0.2, 0.25) is 5.91 Å². The summed E-state index contributed by atoms with van der Waals surface area (Å²) in [5.41, 5.74) is 0.639. The molecule has 0 spiro atoms. The van der Waals surface area contributed by atoms with Crippen molar-refractivity contribution in [1.29, 1.82) is 0 Å². The highest BCUT2D eigenvalue weighted by atomic mass is 19.4. The lowest BCUT2D eigenvalue weighted by Crippen LogP contribution is -2.48. The summed E-state index contributed by atoms with van der Waals surface area (Å²) in [4.78, 5) is 32.9. The van der Waals surface area contributed by atoms with Gasteiger partial charge in [-0.15, -0.1) is 0 Å². The highest BCUT2D eigenvalue weighted by Gasteiger charge is 2.47. The van der Waals surface area contributed by atoms with Crippen LogP contribution in [0.25, 0.3) is 0 Å². The Hall–Kier alpha value is -3.47. The standard InChI is InChI=1S/C29H35F3N4O4/c1-34-8-10-35(11-9-34)22-6-7-24(25(15-22)40-3)33-27(37)26-18-4-5-19(26)17-36(16-18)28(38)20-12-21(29(30,31)32)14-23(13-20)39-2/h6-7,12-15,18-19,26H,4-5,8-11,16-17H2,1-3H3,(H,33,37)/t18-,19-/m1/s1. The Labute approximate surface area is 232 Å². The number of rotatable bonds is 6. The second-order valence-corrected chi connectivity index (χ2v) is 10.9. The maximum Gasteiger partial charge on any atom is 0.416 e. The second kappa shape index (κ2) is 11.2. The Kier molecular flexibility index (Phi) is 7.85. The highest BCUT2D eigenvalue weighted by Crippen LogP contribution is 2.44. The van der Waals surface area contributed by atoms with Crippen molar-refractivity contribution in [1.82, 2.24) is 9.80 Å². The Morgan fingerprint density at radius 2 is 1.60 bits per heavy atom. The van der Waals surface area contributed by atoms with Gasteiger partial charge in [-0.25, -0.2) is 0 Å². The van der Waals surface area contributed by atoms with Crippen LogP contribution in [0.15, 0.2) is 36.4 Å². The van der Waals surface area contributed by atoms with Gasteiger partial charge in [-0.2, -0.15) is 13.2 Å². The van der Waals surface area contributed by atoms with Crippen molar-refractivity contribution in [2.24, 2.45) is 17.8 Å². The van der Waals surface area contributed by atoms with Crippen molar-refractivity contribution in [3.8, 4) is 11.5 Å². The zero-order valence-electron chi connectivity index (χ0n) is 23.0. The van der Waals surface area contributed by atoms with Crippen molar-refractivity contribution in [2.75, 3.05) is 70.8 Å². The number of fused-ring (bicyclic) bond motifs is 2. The number of likely N-dealkylation sites (tertiary alicyclic amines) is 1. The topological polar surface area (TPSA) is 74.4 Å². The van der Waals surface area contributed by atoms with Crippen LogP contribution in [0.3, 0.4) is 0 Å². The molecule has 3 fully saturated rings. The molecule has 5 rings (SSSR count). The number of piperidine rings is 1. The third kappa shape index (κ3) is 5.70. The predicted octanol–water partition coefficient (Wildman–Crippen LogP) is 4.21. The Bertz CT molecular complexity index is 1250. The van der Waals surface area contributed by atoms with Gasteiger partial charge in [-0.1, -0.05) is 0 Å². The lowest BCUT2D eigenvalue weighted by Gasteiger charge is -2.37. The van der Waals surface area contributed by atoms with Crippen LogP contribution in [0.2, 0.25) is 0 Å². The van der Waals surface area contributed by atoms with E-state index in [0.717, 1.165) is 56.8 Å². The molecule has 0 aromatic heterocycles. The van der Waals surface area contributed by atoms with Gasteiger partial charge in [0.25, 0.3) is 5.91 Å². The molecule has 1 saturated carbocycles. The molecule has 2 aromatic carbocycles. The number of anilines is 2. The van der Waals surface area contributed by atoms with Crippen LogP contribution in [0.4, 0.5) is 24.5 Å². The molecule has 0 radical (unpaired) electrons. The van der Waals surface area contributed by atoms with E-state index < -0.39 is 17.6 Å². The summed E-state index contributed by atoms with van der Waals surface area (Å²) in [6, 6.07) is 8.87. The van der Waals surface area contributed by atoms with Crippen LogP contribution in [-0.4, -0.2) is 82.1 Å². The Balaban J connectivity index is 1.27. The van der Waals surface area contributed by atoms with E-state index >= 15 is 0 Å². The summed E-state index contributed by atoms with van der Waals surface area (Å²) in [5, 5.41) is 3.05. The first-order valence-electron chi connectivity index (χ1n) is 13.6. The van der Waals surface area contributed by atoms with Gasteiger partial charge in [-0.05, 0) is 62.1 Å². The molecule has 11 heteroatoms. The second-order valence-electron chi connectivity index (χ2n) is 10.9. The molecule has 3 aliphatic rings. The van der Waals surface area contributed by atoms with Crippen molar-refractivity contribution in [3.05, 3.63) is 47.5 Å². The average molecular weight is 561 g/mol. The van der Waals surface area contributed by atoms with Gasteiger partial charge in [-0.3, -0.25) is 9.59 Å². The number of alkyl halides is 3. The van der Waals surface area contributed by atoms with E-state index in [1.807, 2.05) is 18.2 Å². The quantitative estimate of drug-likeness (QED) is 0.571. The van der Waals surface area contributed by atoms with Gasteiger partial charge in [0.1, 0.15) is 11.5 Å². The number of likely N-dealkylation sites (N-methyl/N-ethyl adjacent to an activating group) is 1. The molecule has 216 valence electrons. The lowest BCUT2D eigenvalue weighted by atomic mass is 9.84. The van der Waals surface area contributed by atoms with E-state index in [1.165, 1.54) is 13.2 Å². The number of hydrogen-bond acceptors (Lipinski definition) is 6. The monoisotopic (exact) mass is 560 g/mol. The molecular formula is C29H35F3N4O4. The third-order valence-corrected chi connectivity index (χ3v) is 8.45. The van der Waals surface area contributed by atoms with Gasteiger partial charge in [0, 0.05) is 62.5 Å². The Morgan fingerprint density at radius 3 is 2.20 bits per heavy atom. The largest absolute Gasteiger partial charge is 0.497 e. The van der Waals surface area contributed by atoms with Crippen LogP contribution in [0.5, 0.6) is 11.5 Å². The Morgan fingerprint density at radius 1 is 0.925 bits per heavy atom. The van der Waals surface area contributed by atoms with Crippen molar-refractivity contribution in [3.63, 3.8) is 0 Å². The maximum atomic E-state index is 13.5. The minimum atomic E-state index is -4.60. The minimum absolute atomic E-state index is 0.0250. The smallest absolute Gasteiger partial charge is 0.416 e. The van der Waals surface area contributed by atoms with E-state index in [9.17, 15) is 22.8 Å². The van der Waals surface area contributed by atoms with Gasteiger partial charge < -0.3 is 29.5 Å². The zero-order valence-corrected chi connectivity index (χ0v) is 23.0. The highest BCUT2D eigenvalue weighted by molar-refractivity contribution is 5.97. The fourth-order valence-corrected chi connectivity index (χ4v) is 6.26. The summed E-state index contributed by atoms with van der Waals surface area (Å²) in [7, 11) is 4.95. The third-order valence-electron chi connectivity index (χ3n) is 8.45. The number of nitrogens with zero attached hydrogens (tertiary/aromatic N) is 3. The molecule has 2 heterocycles. The molecule has 1 aliphatic carbocycles. The normalized spacial score (nSPS) is 23.2. The number of methoxy groups -OCH3 is 2. The number of piperazine rings is 1. The molecule has 2 aromatic rings. The van der Waals surface area contributed by atoms with E-state index in [-0.39, 0.29) is 35.0 Å². The lowest BCUT2D eigenvalue weighted by molar-refractivity contribution is -0.137. The minimum Gasteiger partial charge on any atom is -0.497 e. The predicted molar refractivity (Wildman–Crippen MR) is 145 cm³/mol. The summed E-state index contributed by atoms with van der Waals surface area (Å²) >= 11 is 0. The van der Waals surface area contributed by atoms with Crippen LogP contribution >= 0.6 is 0 Å². The molecule has 1 N–H and O–H groups in total. The first kappa shape index (κ1) is 28.1. The first-order chi connectivity index (χ1) is 19.1. The molecule has 2 amide bonds. The molecule has 2 aliphatic heterocycles. The number of carbonyl (C=O) groups is 2. The van der Waals surface area contributed by atoms with Crippen molar-refractivity contribution >= 4 is 23.2 Å². The SMILES string of the molecule is COc1cc(C(=O)N2C[C@H]3CC[C@H](C2)C3C(=O)Nc2ccc(N3CCN(C)CC3)cc2OC)cc(C(F)(F)F)c1. The number of halogens is 3. The molecule has 8 nitrogen and oxygen atoms in total. The molecular weight excluding hydrogens is 525 g/mol. The van der Waals surface area contributed by atoms with E-state index in [0.29, 0.717) is 24.5 Å². The fraction of sp³-hybridized carbons (Fsp3) is 0.517. The van der Waals surface area contributed by atoms with E-state index in [1.54, 1.807) is 12.0 Å². The summed E-state index contributed by atoms with van der Waals surface area (Å²) in [6.07, 6.45) is -3.05. The number of amides is 2. The van der Waals surface area contributed by atoms with E-state index in [2.05, 4.69) is 22.2 Å². The van der Waals surface area contributed by atoms with E-state index in [4.69, 9.17) is 9.47 Å². The van der Waals surface area contributed by atoms with Gasteiger partial charge >= 0.3 is 6.18 Å². The summed E-state index contributed by atoms with van der Waals surface area (Å²) < 4.78 is 50.8. The summed E-state index contributed by atoms with van der Waals surface area (Å²) in [5.74, 6) is -0.488. The fourth-order valence-electron chi connectivity index (χ4n) is 6.26. The van der Waals surface area contributed by atoms with Crippen LogP contribution in [-0.2, 0) is 11.0 Å². The first-order valence-corrected chi connectivity index (χ1v) is 13.6.